The summed E-state index contributed by atoms with van der Waals surface area (Å²) < 4.78 is 11.1. The van der Waals surface area contributed by atoms with Crippen LogP contribution < -0.4 is 5.32 Å². The molecule has 0 bridgehead atoms. The molecule has 10 heteroatoms. The van der Waals surface area contributed by atoms with Crippen LogP contribution in [0.4, 0.5) is 0 Å². The molecule has 1 fully saturated rings. The van der Waals surface area contributed by atoms with E-state index in [4.69, 9.17) is 9.47 Å². The summed E-state index contributed by atoms with van der Waals surface area (Å²) in [5, 5.41) is 64.6. The maximum absolute atomic E-state index is 13.0. The molecule has 0 aromatic rings. The average molecular weight is 756 g/mol. The van der Waals surface area contributed by atoms with Gasteiger partial charge >= 0.3 is 0 Å². The highest BCUT2D eigenvalue weighted by molar-refractivity contribution is 5.80. The summed E-state index contributed by atoms with van der Waals surface area (Å²) in [6, 6.07) is -0.994. The molecule has 312 valence electrons. The first kappa shape index (κ1) is 49.6. The fourth-order valence-electron chi connectivity index (χ4n) is 6.83. The Morgan fingerprint density at radius 1 is 0.717 bits per heavy atom. The number of allylic oxidation sites excluding steroid dienone is 3. The maximum atomic E-state index is 13.0. The van der Waals surface area contributed by atoms with E-state index in [1.54, 1.807) is 6.08 Å². The van der Waals surface area contributed by atoms with Crippen LogP contribution >= 0.6 is 0 Å². The summed E-state index contributed by atoms with van der Waals surface area (Å²) in [5.74, 6) is -0.626. The Labute approximate surface area is 322 Å². The second-order valence-corrected chi connectivity index (χ2v) is 15.5. The number of amides is 1. The zero-order valence-corrected chi connectivity index (χ0v) is 33.9. The van der Waals surface area contributed by atoms with Crippen LogP contribution in [-0.2, 0) is 14.3 Å². The van der Waals surface area contributed by atoms with Crippen LogP contribution in [0.2, 0.25) is 0 Å². The van der Waals surface area contributed by atoms with Crippen LogP contribution in [0.5, 0.6) is 0 Å². The summed E-state index contributed by atoms with van der Waals surface area (Å²) in [4.78, 5) is 13.0. The van der Waals surface area contributed by atoms with E-state index < -0.39 is 61.5 Å². The molecule has 0 aromatic carbocycles. The van der Waals surface area contributed by atoms with Gasteiger partial charge in [0.2, 0.25) is 5.91 Å². The molecule has 1 amide bonds. The number of rotatable bonds is 34. The van der Waals surface area contributed by atoms with Crippen LogP contribution in [-0.4, -0.2) is 98.7 Å². The van der Waals surface area contributed by atoms with Crippen molar-refractivity contribution in [2.24, 2.45) is 0 Å². The lowest BCUT2D eigenvalue weighted by molar-refractivity contribution is -0.302. The molecule has 0 aliphatic carbocycles. The van der Waals surface area contributed by atoms with E-state index in [1.807, 2.05) is 6.08 Å². The van der Waals surface area contributed by atoms with Crippen LogP contribution in [0.25, 0.3) is 0 Å². The van der Waals surface area contributed by atoms with Gasteiger partial charge in [0, 0.05) is 0 Å². The monoisotopic (exact) mass is 756 g/mol. The van der Waals surface area contributed by atoms with Crippen LogP contribution in [0.1, 0.15) is 181 Å². The molecule has 0 aromatic heterocycles. The van der Waals surface area contributed by atoms with Crippen molar-refractivity contribution < 1.29 is 44.9 Å². The minimum Gasteiger partial charge on any atom is -0.394 e. The fourth-order valence-corrected chi connectivity index (χ4v) is 6.83. The highest BCUT2D eigenvalue weighted by atomic mass is 16.7. The molecule has 10 nitrogen and oxygen atoms in total. The SMILES string of the molecule is CCCCCCCCCCCCCCCCC(O)C(=O)N[C@@H](CO[C@@H]1O[C@H](CO)[C@@H](O)[C@H](O)[C@H]1O)[C@H](O)/C=C/CC/C=C(\C)CCCCCCCCC. The van der Waals surface area contributed by atoms with Gasteiger partial charge in [0.15, 0.2) is 6.29 Å². The molecule has 8 atom stereocenters. The molecule has 0 radical (unpaired) electrons. The molecule has 53 heavy (non-hydrogen) atoms. The quantitative estimate of drug-likeness (QED) is 0.0263. The fraction of sp³-hybridized carbons (Fsp3) is 0.884. The number of aliphatic hydroxyl groups excluding tert-OH is 6. The van der Waals surface area contributed by atoms with Crippen molar-refractivity contribution in [3.05, 3.63) is 23.8 Å². The number of carbonyl (C=O) groups is 1. The standard InChI is InChI=1S/C43H81NO9/c1-4-6-8-10-12-13-14-15-16-17-18-20-22-26-31-37(47)42(51)44-35(33-52-43-41(50)40(49)39(48)38(32-45)53-43)36(46)30-27-23-25-29-34(3)28-24-21-19-11-9-7-5-2/h27,29-30,35-41,43,45-50H,4-26,28,31-33H2,1-3H3,(H,44,51)/b30-27+,34-29+/t35-,36+,37?,38+,39+,40-,41+,43+/m0/s1. The Morgan fingerprint density at radius 2 is 1.23 bits per heavy atom. The number of hydrogen-bond acceptors (Lipinski definition) is 9. The maximum Gasteiger partial charge on any atom is 0.249 e. The van der Waals surface area contributed by atoms with Crippen molar-refractivity contribution in [2.45, 2.75) is 230 Å². The number of ether oxygens (including phenoxy) is 2. The van der Waals surface area contributed by atoms with Gasteiger partial charge in [-0.25, -0.2) is 0 Å². The lowest BCUT2D eigenvalue weighted by Gasteiger charge is -2.40. The topological polar surface area (TPSA) is 169 Å². The molecule has 1 aliphatic rings. The van der Waals surface area contributed by atoms with E-state index >= 15 is 0 Å². The molecule has 1 unspecified atom stereocenters. The van der Waals surface area contributed by atoms with Crippen molar-refractivity contribution in [1.82, 2.24) is 5.32 Å². The Hall–Kier alpha value is -1.37. The zero-order chi connectivity index (χ0) is 39.1. The summed E-state index contributed by atoms with van der Waals surface area (Å²) in [6.07, 6.45) is 24.9. The third-order valence-corrected chi connectivity index (χ3v) is 10.5. The highest BCUT2D eigenvalue weighted by Crippen LogP contribution is 2.23. The Morgan fingerprint density at radius 3 is 1.75 bits per heavy atom. The lowest BCUT2D eigenvalue weighted by Crippen LogP contribution is -2.60. The predicted molar refractivity (Wildman–Crippen MR) is 213 cm³/mol. The van der Waals surface area contributed by atoms with Crippen LogP contribution in [0, 0.1) is 0 Å². The summed E-state index contributed by atoms with van der Waals surface area (Å²) >= 11 is 0. The van der Waals surface area contributed by atoms with Crippen LogP contribution in [0.3, 0.4) is 0 Å². The van der Waals surface area contributed by atoms with Gasteiger partial charge in [-0.1, -0.05) is 166 Å². The minimum absolute atomic E-state index is 0.306. The highest BCUT2D eigenvalue weighted by Gasteiger charge is 2.44. The molecule has 1 heterocycles. The number of nitrogens with one attached hydrogen (secondary N) is 1. The normalized spacial score (nSPS) is 22.7. The van der Waals surface area contributed by atoms with Crippen LogP contribution in [0.15, 0.2) is 23.8 Å². The Kier molecular flexibility index (Phi) is 30.8. The molecule has 1 aliphatic heterocycles. The minimum atomic E-state index is -1.61. The van der Waals surface area contributed by atoms with Crippen molar-refractivity contribution in [2.75, 3.05) is 13.2 Å². The van der Waals surface area contributed by atoms with Gasteiger partial charge in [0.1, 0.15) is 30.5 Å². The first-order valence-electron chi connectivity index (χ1n) is 21.6. The summed E-state index contributed by atoms with van der Waals surface area (Å²) in [5.41, 5.74) is 1.36. The summed E-state index contributed by atoms with van der Waals surface area (Å²) in [6.45, 7) is 5.72. The second kappa shape index (κ2) is 32.8. The van der Waals surface area contributed by atoms with Crippen molar-refractivity contribution in [3.8, 4) is 0 Å². The Bertz CT molecular complexity index is 929. The third-order valence-electron chi connectivity index (χ3n) is 10.5. The first-order valence-corrected chi connectivity index (χ1v) is 21.6. The molecular formula is C43H81NO9. The van der Waals surface area contributed by atoms with Gasteiger partial charge in [-0.2, -0.15) is 0 Å². The van der Waals surface area contributed by atoms with E-state index in [-0.39, 0.29) is 6.61 Å². The number of hydrogen-bond donors (Lipinski definition) is 7. The van der Waals surface area contributed by atoms with E-state index in [0.717, 1.165) is 32.1 Å². The molecule has 7 N–H and O–H groups in total. The van der Waals surface area contributed by atoms with E-state index in [9.17, 15) is 35.4 Å². The Balaban J connectivity index is 2.54. The van der Waals surface area contributed by atoms with Gasteiger partial charge in [-0.05, 0) is 39.0 Å². The van der Waals surface area contributed by atoms with E-state index in [2.05, 4.69) is 32.2 Å². The number of aliphatic hydroxyl groups is 6. The molecular weight excluding hydrogens is 674 g/mol. The average Bonchev–Trinajstić information content (AvgIpc) is 3.15. The second-order valence-electron chi connectivity index (χ2n) is 15.5. The van der Waals surface area contributed by atoms with Gasteiger partial charge in [0.25, 0.3) is 0 Å². The molecule has 1 saturated heterocycles. The largest absolute Gasteiger partial charge is 0.394 e. The first-order chi connectivity index (χ1) is 25.7. The lowest BCUT2D eigenvalue weighted by atomic mass is 9.99. The van der Waals surface area contributed by atoms with Gasteiger partial charge in [0.05, 0.1) is 25.4 Å². The number of carbonyl (C=O) groups excluding carboxylic acids is 1. The molecule has 0 spiro atoms. The van der Waals surface area contributed by atoms with E-state index in [0.29, 0.717) is 19.3 Å². The smallest absolute Gasteiger partial charge is 0.249 e. The van der Waals surface area contributed by atoms with Gasteiger partial charge < -0.3 is 45.4 Å². The predicted octanol–water partition coefficient (Wildman–Crippen LogP) is 7.30. The van der Waals surface area contributed by atoms with Crippen molar-refractivity contribution >= 4 is 5.91 Å². The van der Waals surface area contributed by atoms with Crippen molar-refractivity contribution in [3.63, 3.8) is 0 Å². The van der Waals surface area contributed by atoms with Crippen molar-refractivity contribution in [1.29, 1.82) is 0 Å². The van der Waals surface area contributed by atoms with Gasteiger partial charge in [-0.3, -0.25) is 4.79 Å². The molecule has 1 rings (SSSR count). The number of unbranched alkanes of at least 4 members (excludes halogenated alkanes) is 20. The zero-order valence-electron chi connectivity index (χ0n) is 33.9. The molecule has 0 saturated carbocycles. The third kappa shape index (κ3) is 24.0. The van der Waals surface area contributed by atoms with Gasteiger partial charge in [-0.15, -0.1) is 0 Å². The van der Waals surface area contributed by atoms with E-state index in [1.165, 1.54) is 115 Å². The summed E-state index contributed by atoms with van der Waals surface area (Å²) in [7, 11) is 0.